The molecule has 1 aromatic carbocycles. The highest BCUT2D eigenvalue weighted by Gasteiger charge is 2.29. The first-order valence-electron chi connectivity index (χ1n) is 7.59. The largest absolute Gasteiger partial charge is 0.452 e. The quantitative estimate of drug-likeness (QED) is 0.502. The van der Waals surface area contributed by atoms with E-state index >= 15 is 0 Å². The maximum absolute atomic E-state index is 6.02. The third kappa shape index (κ3) is 1.95. The molecule has 1 aliphatic heterocycles. The molecule has 108 valence electrons. The van der Waals surface area contributed by atoms with Crippen molar-refractivity contribution in [3.63, 3.8) is 0 Å². The van der Waals surface area contributed by atoms with Crippen LogP contribution in [0.5, 0.6) is 0 Å². The second-order valence-electron chi connectivity index (χ2n) is 6.00. The van der Waals surface area contributed by atoms with E-state index in [-0.39, 0.29) is 6.85 Å². The van der Waals surface area contributed by atoms with Crippen LogP contribution in [-0.2, 0) is 7.05 Å². The molecule has 3 aromatic rings. The number of nitrogens with zero attached hydrogens (tertiary/aromatic N) is 2. The Balaban J connectivity index is 1.94. The van der Waals surface area contributed by atoms with Crippen molar-refractivity contribution >= 4 is 35.8 Å². The maximum Gasteiger partial charge on any atom is 0.402 e. The summed E-state index contributed by atoms with van der Waals surface area (Å²) in [5.74, 6) is 3.43. The summed E-state index contributed by atoms with van der Waals surface area (Å²) in [6, 6.07) is 12.5. The molecule has 4 rings (SSSR count). The highest BCUT2D eigenvalue weighted by molar-refractivity contribution is 6.77. The van der Waals surface area contributed by atoms with Gasteiger partial charge in [-0.05, 0) is 31.4 Å². The van der Waals surface area contributed by atoms with Gasteiger partial charge in [-0.3, -0.25) is 4.81 Å². The van der Waals surface area contributed by atoms with Crippen LogP contribution in [0.4, 0.5) is 5.82 Å². The zero-order valence-corrected chi connectivity index (χ0v) is 13.1. The second kappa shape index (κ2) is 4.77. The summed E-state index contributed by atoms with van der Waals surface area (Å²) >= 11 is 0. The molecular weight excluding hydrogens is 271 g/mol. The zero-order valence-electron chi connectivity index (χ0n) is 13.1. The average molecular weight is 289 g/mol. The second-order valence-corrected chi connectivity index (χ2v) is 6.00. The first-order valence-corrected chi connectivity index (χ1v) is 7.59. The molecule has 3 heterocycles. The smallest absolute Gasteiger partial charge is 0.402 e. The van der Waals surface area contributed by atoms with Gasteiger partial charge in [-0.2, -0.15) is 0 Å². The third-order valence-electron chi connectivity index (χ3n) is 4.28. The van der Waals surface area contributed by atoms with E-state index in [1.54, 1.807) is 0 Å². The molecule has 0 spiro atoms. The fraction of sp³-hybridized carbons (Fsp3) is 0.167. The van der Waals surface area contributed by atoms with E-state index in [4.69, 9.17) is 4.42 Å². The summed E-state index contributed by atoms with van der Waals surface area (Å²) < 4.78 is 8.17. The van der Waals surface area contributed by atoms with Crippen molar-refractivity contribution in [3.8, 4) is 0 Å². The van der Waals surface area contributed by atoms with Crippen molar-refractivity contribution in [2.24, 2.45) is 7.05 Å². The van der Waals surface area contributed by atoms with E-state index in [1.165, 1.54) is 16.2 Å². The van der Waals surface area contributed by atoms with Crippen molar-refractivity contribution in [2.45, 2.75) is 13.7 Å². The van der Waals surface area contributed by atoms with Crippen LogP contribution in [0.25, 0.3) is 23.1 Å². The van der Waals surface area contributed by atoms with Gasteiger partial charge in [0.2, 0.25) is 0 Å². The number of benzene rings is 1. The number of pyridine rings is 1. The fourth-order valence-corrected chi connectivity index (χ4v) is 3.20. The molecule has 0 amide bonds. The summed E-state index contributed by atoms with van der Waals surface area (Å²) in [7, 11) is 2.08. The molecule has 3 nitrogen and oxygen atoms in total. The van der Waals surface area contributed by atoms with Crippen molar-refractivity contribution < 1.29 is 8.98 Å². The minimum atomic E-state index is 0.280. The molecule has 0 fully saturated rings. The lowest BCUT2D eigenvalue weighted by atomic mass is 9.61. The summed E-state index contributed by atoms with van der Waals surface area (Å²) in [6.07, 6.45) is 4.26. The van der Waals surface area contributed by atoms with E-state index in [0.717, 1.165) is 16.8 Å². The van der Waals surface area contributed by atoms with Gasteiger partial charge in [0.05, 0.1) is 13.2 Å². The number of aryl methyl sites for hydroxylation is 2. The molecule has 0 radical (unpaired) electrons. The Morgan fingerprint density at radius 2 is 1.95 bits per heavy atom. The van der Waals surface area contributed by atoms with Gasteiger partial charge in [0, 0.05) is 16.7 Å². The van der Waals surface area contributed by atoms with Gasteiger partial charge < -0.3 is 4.42 Å². The molecule has 0 aliphatic carbocycles. The maximum atomic E-state index is 6.02. The van der Waals surface area contributed by atoms with Crippen molar-refractivity contribution in [2.75, 3.05) is 4.81 Å². The van der Waals surface area contributed by atoms with E-state index in [1.807, 2.05) is 12.1 Å². The highest BCUT2D eigenvalue weighted by Crippen LogP contribution is 2.15. The number of furan rings is 1. The number of anilines is 1. The average Bonchev–Trinajstić information content (AvgIpc) is 2.85. The standard InChI is InChI=1S/C18H18BN2O/c1-13-8-9-18(20(3)11-13)21-12-17-15(10-19(21)2)14-6-4-5-7-16(14)22-17/h4-12H,1-3H3/q+1. The van der Waals surface area contributed by atoms with Crippen LogP contribution in [0.15, 0.2) is 47.0 Å². The Kier molecular flexibility index (Phi) is 2.86. The van der Waals surface area contributed by atoms with Gasteiger partial charge in [0.25, 0.3) is 5.82 Å². The van der Waals surface area contributed by atoms with Crippen LogP contribution in [0, 0.1) is 6.92 Å². The van der Waals surface area contributed by atoms with E-state index < -0.39 is 0 Å². The Morgan fingerprint density at radius 1 is 1.14 bits per heavy atom. The van der Waals surface area contributed by atoms with Gasteiger partial charge in [0.15, 0.2) is 5.42 Å². The molecule has 1 aliphatic rings. The Hall–Kier alpha value is -2.49. The topological polar surface area (TPSA) is 20.3 Å². The molecule has 0 unspecified atom stereocenters. The lowest BCUT2D eigenvalue weighted by Gasteiger charge is -2.18. The van der Waals surface area contributed by atoms with Crippen LogP contribution < -0.4 is 20.0 Å². The van der Waals surface area contributed by atoms with Crippen molar-refractivity contribution in [1.29, 1.82) is 0 Å². The summed E-state index contributed by atoms with van der Waals surface area (Å²) in [5.41, 5.74) is 3.13. The summed E-state index contributed by atoms with van der Waals surface area (Å²) in [5, 5.41) is 2.39. The Labute approximate surface area is 129 Å². The van der Waals surface area contributed by atoms with Crippen molar-refractivity contribution in [1.82, 2.24) is 0 Å². The van der Waals surface area contributed by atoms with E-state index in [0.29, 0.717) is 0 Å². The van der Waals surface area contributed by atoms with Crippen LogP contribution in [0.2, 0.25) is 6.82 Å². The number of hydrogen-bond donors (Lipinski definition) is 0. The molecule has 2 aromatic heterocycles. The zero-order chi connectivity index (χ0) is 15.3. The van der Waals surface area contributed by atoms with Gasteiger partial charge in [-0.25, -0.2) is 4.57 Å². The molecular formula is C18H18BN2O+. The number of rotatable bonds is 1. The predicted molar refractivity (Wildman–Crippen MR) is 90.8 cm³/mol. The van der Waals surface area contributed by atoms with Gasteiger partial charge >= 0.3 is 6.85 Å². The normalized spacial score (nSPS) is 13.8. The SMILES string of the molecule is CB1C=c2c(oc3ccccc23)=CN1c1ccc(C)c[n+]1C. The number of para-hydroxylation sites is 1. The number of hydrogen-bond acceptors (Lipinski definition) is 2. The van der Waals surface area contributed by atoms with Crippen LogP contribution >= 0.6 is 0 Å². The lowest BCUT2D eigenvalue weighted by Crippen LogP contribution is -2.47. The Bertz CT molecular complexity index is 990. The van der Waals surface area contributed by atoms with Crippen molar-refractivity contribution in [3.05, 3.63) is 58.8 Å². The Morgan fingerprint density at radius 3 is 2.77 bits per heavy atom. The monoisotopic (exact) mass is 289 g/mol. The number of fused-ring (bicyclic) bond motifs is 3. The molecule has 0 saturated carbocycles. The van der Waals surface area contributed by atoms with Crippen LogP contribution in [0.3, 0.4) is 0 Å². The van der Waals surface area contributed by atoms with Gasteiger partial charge in [0.1, 0.15) is 11.8 Å². The molecule has 0 N–H and O–H groups in total. The third-order valence-corrected chi connectivity index (χ3v) is 4.28. The van der Waals surface area contributed by atoms with E-state index in [9.17, 15) is 0 Å². The number of aromatic nitrogens is 1. The van der Waals surface area contributed by atoms with E-state index in [2.05, 4.69) is 72.8 Å². The first-order chi connectivity index (χ1) is 10.6. The summed E-state index contributed by atoms with van der Waals surface area (Å²) in [6.45, 7) is 4.60. The lowest BCUT2D eigenvalue weighted by molar-refractivity contribution is -0.658. The summed E-state index contributed by atoms with van der Waals surface area (Å²) in [4.78, 5) is 2.25. The molecule has 0 bridgehead atoms. The molecule has 4 heteroatoms. The molecule has 0 saturated heterocycles. The van der Waals surface area contributed by atoms with Crippen LogP contribution in [-0.4, -0.2) is 6.85 Å². The van der Waals surface area contributed by atoms with Crippen LogP contribution in [0.1, 0.15) is 5.56 Å². The molecule has 22 heavy (non-hydrogen) atoms. The van der Waals surface area contributed by atoms with Gasteiger partial charge in [-0.15, -0.1) is 0 Å². The molecule has 0 atom stereocenters. The minimum absolute atomic E-state index is 0.280. The first kappa shape index (κ1) is 13.2. The van der Waals surface area contributed by atoms with Gasteiger partial charge in [-0.1, -0.05) is 24.2 Å². The minimum Gasteiger partial charge on any atom is -0.452 e. The highest BCUT2D eigenvalue weighted by atomic mass is 16.3. The fourth-order valence-electron chi connectivity index (χ4n) is 3.20. The predicted octanol–water partition coefficient (Wildman–Crippen LogP) is 1.76.